The van der Waals surface area contributed by atoms with E-state index in [9.17, 15) is 0 Å². The predicted molar refractivity (Wildman–Crippen MR) is 87.6 cm³/mol. The smallest absolute Gasteiger partial charge is 0.0685 e. The van der Waals surface area contributed by atoms with E-state index in [0.29, 0.717) is 5.92 Å². The van der Waals surface area contributed by atoms with Gasteiger partial charge in [0.05, 0.1) is 5.60 Å². The van der Waals surface area contributed by atoms with E-state index >= 15 is 0 Å². The summed E-state index contributed by atoms with van der Waals surface area (Å²) < 4.78 is 6.18. The Hall–Kier alpha value is -0.570. The minimum atomic E-state index is 0.146. The van der Waals surface area contributed by atoms with Crippen LogP contribution in [0.25, 0.3) is 0 Å². The lowest BCUT2D eigenvalue weighted by molar-refractivity contribution is -0.120. The molecule has 2 aliphatic rings. The largest absolute Gasteiger partial charge is 0.375 e. The minimum absolute atomic E-state index is 0.146. The summed E-state index contributed by atoms with van der Waals surface area (Å²) in [6.45, 7) is 0.883. The first kappa shape index (κ1) is 15.3. The Morgan fingerprint density at radius 1 is 1.29 bits per heavy atom. The average Bonchev–Trinajstić information content (AvgIpc) is 2.48. The maximum atomic E-state index is 6.52. The molecule has 1 aliphatic heterocycles. The first-order valence-corrected chi connectivity index (χ1v) is 8.69. The molecule has 0 bridgehead atoms. The molecule has 1 heterocycles. The van der Waals surface area contributed by atoms with E-state index in [1.165, 1.54) is 37.7 Å². The minimum Gasteiger partial charge on any atom is -0.375 e. The molecule has 1 saturated carbocycles. The molecule has 1 aromatic rings. The van der Waals surface area contributed by atoms with Gasteiger partial charge in [-0.05, 0) is 55.7 Å². The summed E-state index contributed by atoms with van der Waals surface area (Å²) in [6, 6.07) is 8.31. The van der Waals surface area contributed by atoms with Gasteiger partial charge in [0.25, 0.3) is 0 Å². The second-order valence-electron chi connectivity index (χ2n) is 6.84. The van der Waals surface area contributed by atoms with E-state index < -0.39 is 0 Å². The van der Waals surface area contributed by atoms with Crippen molar-refractivity contribution >= 4 is 11.6 Å². The molecule has 3 heteroatoms. The van der Waals surface area contributed by atoms with E-state index in [4.69, 9.17) is 22.1 Å². The van der Waals surface area contributed by atoms with Crippen molar-refractivity contribution in [1.82, 2.24) is 0 Å². The van der Waals surface area contributed by atoms with E-state index in [1.807, 2.05) is 18.2 Å². The summed E-state index contributed by atoms with van der Waals surface area (Å²) in [5.41, 5.74) is 7.92. The number of ether oxygens (including phenoxy) is 1. The highest BCUT2D eigenvalue weighted by Gasteiger charge is 2.39. The lowest BCUT2D eigenvalue weighted by Gasteiger charge is -2.45. The first-order valence-electron chi connectivity index (χ1n) is 8.31. The van der Waals surface area contributed by atoms with Gasteiger partial charge < -0.3 is 10.5 Å². The quantitative estimate of drug-likeness (QED) is 0.901. The molecule has 1 saturated heterocycles. The summed E-state index contributed by atoms with van der Waals surface area (Å²) in [7, 11) is 0. The van der Waals surface area contributed by atoms with Gasteiger partial charge in [0.2, 0.25) is 0 Å². The van der Waals surface area contributed by atoms with Crippen molar-refractivity contribution in [1.29, 1.82) is 0 Å². The topological polar surface area (TPSA) is 35.2 Å². The predicted octanol–water partition coefficient (Wildman–Crippen LogP) is 4.34. The van der Waals surface area contributed by atoms with Crippen LogP contribution in [0.2, 0.25) is 5.02 Å². The second-order valence-corrected chi connectivity index (χ2v) is 7.28. The molecule has 1 aliphatic carbocycles. The third kappa shape index (κ3) is 3.80. The maximum Gasteiger partial charge on any atom is 0.0685 e. The molecule has 116 valence electrons. The van der Waals surface area contributed by atoms with Gasteiger partial charge in [0, 0.05) is 17.7 Å². The first-order chi connectivity index (χ1) is 10.2. The van der Waals surface area contributed by atoms with E-state index in [1.54, 1.807) is 0 Å². The monoisotopic (exact) mass is 307 g/mol. The van der Waals surface area contributed by atoms with Crippen molar-refractivity contribution in [2.75, 3.05) is 6.61 Å². The van der Waals surface area contributed by atoms with Gasteiger partial charge in [-0.3, -0.25) is 0 Å². The standard InChI is InChI=1S/C18H26ClNO/c19-16-6-4-5-14(11-16)12-17(20)15-7-10-21-18(13-15)8-2-1-3-9-18/h4-6,11,15,17H,1-3,7-10,12-13,20H2. The molecule has 2 unspecified atom stereocenters. The highest BCUT2D eigenvalue weighted by molar-refractivity contribution is 6.30. The van der Waals surface area contributed by atoms with Gasteiger partial charge in [-0.15, -0.1) is 0 Å². The zero-order valence-corrected chi connectivity index (χ0v) is 13.4. The Labute approximate surface area is 133 Å². The highest BCUT2D eigenvalue weighted by Crippen LogP contribution is 2.41. The van der Waals surface area contributed by atoms with Crippen molar-refractivity contribution in [3.8, 4) is 0 Å². The van der Waals surface area contributed by atoms with Crippen molar-refractivity contribution in [2.45, 2.75) is 63.0 Å². The fourth-order valence-electron chi connectivity index (χ4n) is 4.08. The number of hydrogen-bond donors (Lipinski definition) is 1. The van der Waals surface area contributed by atoms with Crippen LogP contribution in [0.1, 0.15) is 50.5 Å². The molecule has 1 spiro atoms. The molecule has 0 amide bonds. The van der Waals surface area contributed by atoms with Gasteiger partial charge in [-0.1, -0.05) is 43.0 Å². The summed E-state index contributed by atoms with van der Waals surface area (Å²) in [6.07, 6.45) is 9.62. The Bertz CT molecular complexity index is 465. The van der Waals surface area contributed by atoms with Crippen LogP contribution < -0.4 is 5.73 Å². The molecule has 3 rings (SSSR count). The van der Waals surface area contributed by atoms with E-state index in [2.05, 4.69) is 6.07 Å². The van der Waals surface area contributed by atoms with Crippen LogP contribution in [-0.2, 0) is 11.2 Å². The molecule has 2 N–H and O–H groups in total. The normalized spacial score (nSPS) is 26.7. The van der Waals surface area contributed by atoms with Crippen LogP contribution in [0.5, 0.6) is 0 Å². The van der Waals surface area contributed by atoms with Crippen molar-refractivity contribution in [3.05, 3.63) is 34.9 Å². The number of benzene rings is 1. The highest BCUT2D eigenvalue weighted by atomic mass is 35.5. The maximum absolute atomic E-state index is 6.52. The van der Waals surface area contributed by atoms with Crippen LogP contribution >= 0.6 is 11.6 Å². The lowest BCUT2D eigenvalue weighted by atomic mass is 9.73. The van der Waals surface area contributed by atoms with E-state index in [-0.39, 0.29) is 11.6 Å². The molecule has 2 fully saturated rings. The zero-order chi connectivity index (χ0) is 14.7. The van der Waals surface area contributed by atoms with Crippen LogP contribution in [-0.4, -0.2) is 18.2 Å². The average molecular weight is 308 g/mol. The van der Waals surface area contributed by atoms with Gasteiger partial charge in [0.1, 0.15) is 0 Å². The fraction of sp³-hybridized carbons (Fsp3) is 0.667. The SMILES string of the molecule is NC(Cc1cccc(Cl)c1)C1CCOC2(CCCCC2)C1. The number of halogens is 1. The fourth-order valence-corrected chi connectivity index (χ4v) is 4.29. The van der Waals surface area contributed by atoms with Gasteiger partial charge in [-0.2, -0.15) is 0 Å². The third-order valence-corrected chi connectivity index (χ3v) is 5.50. The summed E-state index contributed by atoms with van der Waals surface area (Å²) >= 11 is 6.07. The molecule has 2 nitrogen and oxygen atoms in total. The molecule has 2 atom stereocenters. The molecular formula is C18H26ClNO. The van der Waals surface area contributed by atoms with Crippen molar-refractivity contribution in [2.24, 2.45) is 11.7 Å². The zero-order valence-electron chi connectivity index (χ0n) is 12.7. The summed E-state index contributed by atoms with van der Waals surface area (Å²) in [5.74, 6) is 0.579. The summed E-state index contributed by atoms with van der Waals surface area (Å²) in [4.78, 5) is 0. The number of nitrogens with two attached hydrogens (primary N) is 1. The Balaban J connectivity index is 1.62. The Morgan fingerprint density at radius 2 is 2.10 bits per heavy atom. The van der Waals surface area contributed by atoms with Crippen molar-refractivity contribution < 1.29 is 4.74 Å². The van der Waals surface area contributed by atoms with Gasteiger partial charge >= 0.3 is 0 Å². The van der Waals surface area contributed by atoms with Crippen LogP contribution in [0.15, 0.2) is 24.3 Å². The van der Waals surface area contributed by atoms with Crippen molar-refractivity contribution in [3.63, 3.8) is 0 Å². The number of hydrogen-bond acceptors (Lipinski definition) is 2. The van der Waals surface area contributed by atoms with Gasteiger partial charge in [-0.25, -0.2) is 0 Å². The Kier molecular flexibility index (Phi) is 4.88. The van der Waals surface area contributed by atoms with Crippen LogP contribution in [0.3, 0.4) is 0 Å². The molecule has 21 heavy (non-hydrogen) atoms. The molecule has 1 aromatic carbocycles. The van der Waals surface area contributed by atoms with Crippen LogP contribution in [0.4, 0.5) is 0 Å². The molecular weight excluding hydrogens is 282 g/mol. The second kappa shape index (κ2) is 6.68. The summed E-state index contributed by atoms with van der Waals surface area (Å²) in [5, 5.41) is 0.801. The van der Waals surface area contributed by atoms with Gasteiger partial charge in [0.15, 0.2) is 0 Å². The third-order valence-electron chi connectivity index (χ3n) is 5.26. The lowest BCUT2D eigenvalue weighted by Crippen LogP contribution is -2.46. The number of rotatable bonds is 3. The molecule has 0 radical (unpaired) electrons. The molecule has 0 aromatic heterocycles. The van der Waals surface area contributed by atoms with E-state index in [0.717, 1.165) is 30.9 Å². The van der Waals surface area contributed by atoms with Crippen LogP contribution in [0, 0.1) is 5.92 Å². The Morgan fingerprint density at radius 3 is 2.86 bits per heavy atom.